The Morgan fingerprint density at radius 2 is 1.69 bits per heavy atom. The van der Waals surface area contributed by atoms with Crippen molar-refractivity contribution >= 4 is 17.5 Å². The number of nitrogens with zero attached hydrogens (tertiary/aromatic N) is 1. The van der Waals surface area contributed by atoms with Gasteiger partial charge in [-0.25, -0.2) is 4.98 Å². The molecule has 2 aromatic heterocycles. The molecule has 0 saturated carbocycles. The predicted molar refractivity (Wildman–Crippen MR) is 119 cm³/mol. The van der Waals surface area contributed by atoms with Crippen molar-refractivity contribution in [2.75, 3.05) is 5.32 Å². The third kappa shape index (κ3) is 5.60. The van der Waals surface area contributed by atoms with E-state index in [4.69, 9.17) is 9.15 Å². The molecule has 4 rings (SSSR count). The SMILES string of the molecule is O=C(NCc1ccc(NC(=O)c2ccco2)cc1)c1ccnc(OCc2ccccc2)c1. The molecule has 2 amide bonds. The molecule has 0 unspecified atom stereocenters. The van der Waals surface area contributed by atoms with E-state index >= 15 is 0 Å². The maximum absolute atomic E-state index is 12.5. The summed E-state index contributed by atoms with van der Waals surface area (Å²) in [6, 6.07) is 23.4. The molecule has 0 aliphatic carbocycles. The van der Waals surface area contributed by atoms with Crippen molar-refractivity contribution < 1.29 is 18.7 Å². The summed E-state index contributed by atoms with van der Waals surface area (Å²) in [4.78, 5) is 28.7. The van der Waals surface area contributed by atoms with Crippen LogP contribution in [0.1, 0.15) is 32.0 Å². The van der Waals surface area contributed by atoms with Gasteiger partial charge in [-0.1, -0.05) is 42.5 Å². The van der Waals surface area contributed by atoms with Gasteiger partial charge >= 0.3 is 0 Å². The first kappa shape index (κ1) is 20.9. The zero-order chi connectivity index (χ0) is 22.2. The molecule has 4 aromatic rings. The van der Waals surface area contributed by atoms with E-state index in [1.165, 1.54) is 6.26 Å². The number of aromatic nitrogens is 1. The minimum Gasteiger partial charge on any atom is -0.473 e. The summed E-state index contributed by atoms with van der Waals surface area (Å²) < 4.78 is 10.8. The van der Waals surface area contributed by atoms with Crippen LogP contribution in [0, 0.1) is 0 Å². The quantitative estimate of drug-likeness (QED) is 0.434. The molecular weight excluding hydrogens is 406 g/mol. The summed E-state index contributed by atoms with van der Waals surface area (Å²) in [5.74, 6) is 0.0788. The normalized spacial score (nSPS) is 10.4. The number of hydrogen-bond donors (Lipinski definition) is 2. The fourth-order valence-corrected chi connectivity index (χ4v) is 2.95. The van der Waals surface area contributed by atoms with Crippen LogP contribution in [-0.4, -0.2) is 16.8 Å². The highest BCUT2D eigenvalue weighted by Gasteiger charge is 2.10. The number of benzene rings is 2. The fourth-order valence-electron chi connectivity index (χ4n) is 2.95. The largest absolute Gasteiger partial charge is 0.473 e. The molecule has 0 spiro atoms. The zero-order valence-corrected chi connectivity index (χ0v) is 17.2. The Kier molecular flexibility index (Phi) is 6.57. The molecule has 0 radical (unpaired) electrons. The fraction of sp³-hybridized carbons (Fsp3) is 0.0800. The van der Waals surface area contributed by atoms with Crippen molar-refractivity contribution in [1.82, 2.24) is 10.3 Å². The summed E-state index contributed by atoms with van der Waals surface area (Å²) in [7, 11) is 0. The number of furan rings is 1. The van der Waals surface area contributed by atoms with E-state index in [-0.39, 0.29) is 17.6 Å². The first-order valence-corrected chi connectivity index (χ1v) is 10.0. The molecule has 0 atom stereocenters. The van der Waals surface area contributed by atoms with E-state index in [1.54, 1.807) is 42.6 Å². The van der Waals surface area contributed by atoms with Crippen LogP contribution in [0.5, 0.6) is 5.88 Å². The third-order valence-electron chi connectivity index (χ3n) is 4.64. The molecule has 2 aromatic carbocycles. The predicted octanol–water partition coefficient (Wildman–Crippen LogP) is 4.44. The molecule has 0 aliphatic rings. The van der Waals surface area contributed by atoms with E-state index in [9.17, 15) is 9.59 Å². The lowest BCUT2D eigenvalue weighted by Gasteiger charge is -2.09. The number of hydrogen-bond acceptors (Lipinski definition) is 5. The van der Waals surface area contributed by atoms with Gasteiger partial charge in [0.1, 0.15) is 6.61 Å². The van der Waals surface area contributed by atoms with Crippen LogP contribution >= 0.6 is 0 Å². The average Bonchev–Trinajstić information content (AvgIpc) is 3.38. The van der Waals surface area contributed by atoms with Crippen molar-refractivity contribution in [2.24, 2.45) is 0 Å². The van der Waals surface area contributed by atoms with E-state index in [0.717, 1.165) is 11.1 Å². The lowest BCUT2D eigenvalue weighted by atomic mass is 10.2. The number of amides is 2. The second kappa shape index (κ2) is 10.1. The van der Waals surface area contributed by atoms with E-state index < -0.39 is 0 Å². The third-order valence-corrected chi connectivity index (χ3v) is 4.64. The minimum atomic E-state index is -0.320. The van der Waals surface area contributed by atoms with Crippen molar-refractivity contribution in [3.8, 4) is 5.88 Å². The van der Waals surface area contributed by atoms with E-state index in [1.807, 2.05) is 42.5 Å². The molecule has 7 heteroatoms. The first-order chi connectivity index (χ1) is 15.7. The van der Waals surface area contributed by atoms with Gasteiger partial charge in [-0.2, -0.15) is 0 Å². The number of pyridine rings is 1. The Morgan fingerprint density at radius 1 is 0.875 bits per heavy atom. The van der Waals surface area contributed by atoms with Gasteiger partial charge in [-0.15, -0.1) is 0 Å². The van der Waals surface area contributed by atoms with Crippen LogP contribution in [-0.2, 0) is 13.2 Å². The Bertz CT molecular complexity index is 1170. The minimum absolute atomic E-state index is 0.229. The van der Waals surface area contributed by atoms with Crippen molar-refractivity contribution in [2.45, 2.75) is 13.2 Å². The number of rotatable bonds is 8. The summed E-state index contributed by atoms with van der Waals surface area (Å²) in [6.07, 6.45) is 2.99. The Morgan fingerprint density at radius 3 is 2.44 bits per heavy atom. The average molecular weight is 427 g/mol. The molecule has 7 nitrogen and oxygen atoms in total. The summed E-state index contributed by atoms with van der Waals surface area (Å²) in [5.41, 5.74) is 3.01. The summed E-state index contributed by atoms with van der Waals surface area (Å²) >= 11 is 0. The number of carbonyl (C=O) groups excluding carboxylic acids is 2. The topological polar surface area (TPSA) is 93.5 Å². The van der Waals surface area contributed by atoms with Gasteiger partial charge < -0.3 is 19.8 Å². The molecule has 32 heavy (non-hydrogen) atoms. The molecule has 2 heterocycles. The second-order valence-electron chi connectivity index (χ2n) is 6.97. The highest BCUT2D eigenvalue weighted by Crippen LogP contribution is 2.14. The van der Waals surface area contributed by atoms with Gasteiger partial charge in [0, 0.05) is 30.1 Å². The highest BCUT2D eigenvalue weighted by molar-refractivity contribution is 6.02. The van der Waals surface area contributed by atoms with E-state index in [0.29, 0.717) is 30.3 Å². The van der Waals surface area contributed by atoms with Gasteiger partial charge in [-0.3, -0.25) is 9.59 Å². The molecule has 0 aliphatic heterocycles. The Balaban J connectivity index is 1.29. The summed E-state index contributed by atoms with van der Waals surface area (Å²) in [6.45, 7) is 0.718. The Labute approximate surface area is 185 Å². The maximum Gasteiger partial charge on any atom is 0.291 e. The van der Waals surface area contributed by atoms with Crippen molar-refractivity contribution in [1.29, 1.82) is 0 Å². The molecule has 0 bridgehead atoms. The molecular formula is C25H21N3O4. The lowest BCUT2D eigenvalue weighted by molar-refractivity contribution is 0.0949. The van der Waals surface area contributed by atoms with Gasteiger partial charge in [-0.05, 0) is 41.5 Å². The van der Waals surface area contributed by atoms with Gasteiger partial charge in [0.2, 0.25) is 5.88 Å². The van der Waals surface area contributed by atoms with Crippen LogP contribution in [0.2, 0.25) is 0 Å². The van der Waals surface area contributed by atoms with Crippen molar-refractivity contribution in [3.63, 3.8) is 0 Å². The molecule has 2 N–H and O–H groups in total. The molecule has 0 fully saturated rings. The number of anilines is 1. The maximum atomic E-state index is 12.5. The number of ether oxygens (including phenoxy) is 1. The summed E-state index contributed by atoms with van der Waals surface area (Å²) in [5, 5.41) is 5.63. The van der Waals surface area contributed by atoms with Crippen molar-refractivity contribution in [3.05, 3.63) is 114 Å². The van der Waals surface area contributed by atoms with Gasteiger partial charge in [0.25, 0.3) is 11.8 Å². The highest BCUT2D eigenvalue weighted by atomic mass is 16.5. The zero-order valence-electron chi connectivity index (χ0n) is 17.2. The standard InChI is InChI=1S/C25H21N3O4/c29-24(20-12-13-26-23(15-20)32-17-19-5-2-1-3-6-19)27-16-18-8-10-21(11-9-18)28-25(30)22-7-4-14-31-22/h1-15H,16-17H2,(H,27,29)(H,28,30). The van der Waals surface area contributed by atoms with Crippen LogP contribution in [0.3, 0.4) is 0 Å². The molecule has 160 valence electrons. The van der Waals surface area contributed by atoms with Gasteiger partial charge in [0.15, 0.2) is 5.76 Å². The molecule has 0 saturated heterocycles. The number of nitrogens with one attached hydrogen (secondary N) is 2. The van der Waals surface area contributed by atoms with Crippen LogP contribution < -0.4 is 15.4 Å². The smallest absolute Gasteiger partial charge is 0.291 e. The Hall–Kier alpha value is -4.39. The van der Waals surface area contributed by atoms with E-state index in [2.05, 4.69) is 15.6 Å². The van der Waals surface area contributed by atoms with Gasteiger partial charge in [0.05, 0.1) is 6.26 Å². The first-order valence-electron chi connectivity index (χ1n) is 10.0. The number of carbonyl (C=O) groups is 2. The van der Waals surface area contributed by atoms with Crippen LogP contribution in [0.4, 0.5) is 5.69 Å². The van der Waals surface area contributed by atoms with Crippen LogP contribution in [0.15, 0.2) is 95.7 Å². The lowest BCUT2D eigenvalue weighted by Crippen LogP contribution is -2.22. The second-order valence-corrected chi connectivity index (χ2v) is 6.97. The monoisotopic (exact) mass is 427 g/mol. The van der Waals surface area contributed by atoms with Crippen LogP contribution in [0.25, 0.3) is 0 Å².